The van der Waals surface area contributed by atoms with Crippen molar-refractivity contribution in [3.05, 3.63) is 81.8 Å². The molecule has 0 saturated carbocycles. The molecule has 0 bridgehead atoms. The molecule has 13 heteroatoms. The third-order valence-corrected chi connectivity index (χ3v) is 6.21. The Kier molecular flexibility index (Phi) is 9.39. The number of nitrogens with one attached hydrogen (secondary N) is 3. The van der Waals surface area contributed by atoms with Crippen LogP contribution in [0.4, 0.5) is 18.9 Å². The number of carbonyl (C=O) groups is 2. The maximum Gasteiger partial charge on any atom is 0.405 e. The largest absolute Gasteiger partial charge is 0.405 e. The second-order valence-corrected chi connectivity index (χ2v) is 9.01. The van der Waals surface area contributed by atoms with Gasteiger partial charge in [0.25, 0.3) is 5.56 Å². The van der Waals surface area contributed by atoms with Crippen molar-refractivity contribution in [1.29, 1.82) is 0 Å². The molecule has 2 heterocycles. The summed E-state index contributed by atoms with van der Waals surface area (Å²) in [6.07, 6.45) is -3.19. The predicted octanol–water partition coefficient (Wildman–Crippen LogP) is 2.92. The number of rotatable bonds is 11. The molecule has 198 valence electrons. The summed E-state index contributed by atoms with van der Waals surface area (Å²) in [5.41, 5.74) is 2.67. The monoisotopic (exact) mass is 536 g/mol. The number of pyridine rings is 1. The van der Waals surface area contributed by atoms with Crippen LogP contribution in [0.3, 0.4) is 0 Å². The van der Waals surface area contributed by atoms with Crippen molar-refractivity contribution in [1.82, 2.24) is 24.8 Å². The van der Waals surface area contributed by atoms with E-state index in [2.05, 4.69) is 15.0 Å². The normalized spacial score (nSPS) is 11.3. The smallest absolute Gasteiger partial charge is 0.349 e. The molecule has 0 aliphatic heterocycles. The van der Waals surface area contributed by atoms with Gasteiger partial charge in [-0.1, -0.05) is 30.3 Å². The quantitative estimate of drug-likeness (QED) is 0.325. The van der Waals surface area contributed by atoms with Crippen LogP contribution in [-0.2, 0) is 35.0 Å². The number of aromatic nitrogens is 3. The number of hydrogen-bond acceptors (Lipinski definition) is 6. The highest BCUT2D eigenvalue weighted by atomic mass is 32.2. The topological polar surface area (TPSA) is 110 Å². The van der Waals surface area contributed by atoms with E-state index in [-0.39, 0.29) is 25.2 Å². The number of hydrogen-bond donors (Lipinski definition) is 3. The molecule has 0 saturated heterocycles. The van der Waals surface area contributed by atoms with Crippen molar-refractivity contribution < 1.29 is 22.8 Å². The molecule has 0 atom stereocenters. The molecule has 1 aromatic carbocycles. The molecule has 3 N–H and O–H groups in total. The van der Waals surface area contributed by atoms with Gasteiger partial charge in [-0.2, -0.15) is 13.2 Å². The second-order valence-electron chi connectivity index (χ2n) is 8.23. The third-order valence-electron chi connectivity index (χ3n) is 5.37. The fourth-order valence-electron chi connectivity index (χ4n) is 3.38. The van der Waals surface area contributed by atoms with Gasteiger partial charge < -0.3 is 24.5 Å². The Hall–Kier alpha value is -3.74. The van der Waals surface area contributed by atoms with Gasteiger partial charge in [-0.15, -0.1) is 0 Å². The van der Waals surface area contributed by atoms with Crippen molar-refractivity contribution >= 4 is 29.4 Å². The Morgan fingerprint density at radius 2 is 1.70 bits per heavy atom. The van der Waals surface area contributed by atoms with Gasteiger partial charge in [0.15, 0.2) is 0 Å². The average molecular weight is 537 g/mol. The van der Waals surface area contributed by atoms with E-state index in [0.717, 1.165) is 5.56 Å². The summed E-state index contributed by atoms with van der Waals surface area (Å²) in [4.78, 5) is 41.5. The van der Waals surface area contributed by atoms with Crippen LogP contribution in [0.1, 0.15) is 22.6 Å². The Morgan fingerprint density at radius 3 is 2.41 bits per heavy atom. The molecule has 0 aliphatic rings. The SMILES string of the molecule is Cc1ncn(CC(=O)NCC(F)(F)F)c1CNC(=O)Cn1c(C)ccc(NSCc2ccccc2)c1=O. The van der Waals surface area contributed by atoms with E-state index in [0.29, 0.717) is 28.5 Å². The minimum atomic E-state index is -4.51. The maximum atomic E-state index is 12.9. The predicted molar refractivity (Wildman–Crippen MR) is 135 cm³/mol. The van der Waals surface area contributed by atoms with Crippen molar-refractivity contribution in [2.24, 2.45) is 0 Å². The number of halogens is 3. The van der Waals surface area contributed by atoms with Crippen LogP contribution in [0, 0.1) is 13.8 Å². The number of benzene rings is 1. The zero-order valence-electron chi connectivity index (χ0n) is 20.3. The fraction of sp³-hybridized carbons (Fsp3) is 0.333. The minimum absolute atomic E-state index is 0.0180. The molecule has 3 rings (SSSR count). The van der Waals surface area contributed by atoms with Gasteiger partial charge in [0, 0.05) is 11.4 Å². The lowest BCUT2D eigenvalue weighted by Crippen LogP contribution is -2.36. The zero-order valence-corrected chi connectivity index (χ0v) is 21.1. The molecule has 9 nitrogen and oxygen atoms in total. The van der Waals surface area contributed by atoms with Crippen molar-refractivity contribution in [2.75, 3.05) is 11.3 Å². The third kappa shape index (κ3) is 8.41. The van der Waals surface area contributed by atoms with Gasteiger partial charge in [-0.3, -0.25) is 14.4 Å². The van der Waals surface area contributed by atoms with Crippen LogP contribution in [0.25, 0.3) is 0 Å². The molecule has 0 spiro atoms. The lowest BCUT2D eigenvalue weighted by molar-refractivity contribution is -0.138. The first-order valence-corrected chi connectivity index (χ1v) is 12.2. The van der Waals surface area contributed by atoms with Crippen LogP contribution in [0.5, 0.6) is 0 Å². The van der Waals surface area contributed by atoms with E-state index in [1.165, 1.54) is 27.4 Å². The molecule has 0 aliphatic carbocycles. The van der Waals surface area contributed by atoms with E-state index in [9.17, 15) is 27.6 Å². The highest BCUT2D eigenvalue weighted by molar-refractivity contribution is 7.99. The van der Waals surface area contributed by atoms with Crippen LogP contribution in [-0.4, -0.2) is 38.7 Å². The lowest BCUT2D eigenvalue weighted by atomic mass is 10.2. The number of alkyl halides is 3. The van der Waals surface area contributed by atoms with Gasteiger partial charge >= 0.3 is 6.18 Å². The number of amides is 2. The van der Waals surface area contributed by atoms with Gasteiger partial charge in [0.05, 0.1) is 24.3 Å². The van der Waals surface area contributed by atoms with Gasteiger partial charge in [0.1, 0.15) is 25.3 Å². The number of nitrogens with zero attached hydrogens (tertiary/aromatic N) is 3. The molecule has 37 heavy (non-hydrogen) atoms. The summed E-state index contributed by atoms with van der Waals surface area (Å²) in [5, 5.41) is 4.49. The summed E-state index contributed by atoms with van der Waals surface area (Å²) in [6, 6.07) is 13.2. The molecule has 2 aromatic heterocycles. The van der Waals surface area contributed by atoms with Crippen LogP contribution >= 0.6 is 11.9 Å². The van der Waals surface area contributed by atoms with Crippen LogP contribution in [0.15, 0.2) is 53.6 Å². The Morgan fingerprint density at radius 1 is 1.00 bits per heavy atom. The van der Waals surface area contributed by atoms with E-state index in [1.807, 2.05) is 30.3 Å². The second kappa shape index (κ2) is 12.5. The summed E-state index contributed by atoms with van der Waals surface area (Å²) >= 11 is 1.36. The van der Waals surface area contributed by atoms with E-state index >= 15 is 0 Å². The first-order chi connectivity index (χ1) is 17.5. The van der Waals surface area contributed by atoms with Crippen LogP contribution in [0.2, 0.25) is 0 Å². The molecule has 0 radical (unpaired) electrons. The summed E-state index contributed by atoms with van der Waals surface area (Å²) < 4.78 is 42.7. The highest BCUT2D eigenvalue weighted by Gasteiger charge is 2.27. The first kappa shape index (κ1) is 27.8. The molecule has 2 amide bonds. The van der Waals surface area contributed by atoms with E-state index < -0.39 is 24.5 Å². The fourth-order valence-corrected chi connectivity index (χ4v) is 4.12. The Balaban J connectivity index is 1.58. The Bertz CT molecular complexity index is 1290. The van der Waals surface area contributed by atoms with Crippen molar-refractivity contribution in [2.45, 2.75) is 45.4 Å². The van der Waals surface area contributed by atoms with Gasteiger partial charge in [0.2, 0.25) is 11.8 Å². The average Bonchev–Trinajstić information content (AvgIpc) is 3.19. The van der Waals surface area contributed by atoms with Crippen molar-refractivity contribution in [3.8, 4) is 0 Å². The molecular weight excluding hydrogens is 509 g/mol. The van der Waals surface area contributed by atoms with E-state index in [4.69, 9.17) is 0 Å². The van der Waals surface area contributed by atoms with Gasteiger partial charge in [-0.05, 0) is 43.5 Å². The molecule has 3 aromatic rings. The molecule has 0 unspecified atom stereocenters. The summed E-state index contributed by atoms with van der Waals surface area (Å²) in [6.45, 7) is 1.31. The van der Waals surface area contributed by atoms with Crippen molar-refractivity contribution in [3.63, 3.8) is 0 Å². The standard InChI is InChI=1S/C24H27F3N6O3S/c1-16-8-9-19(31-37-13-18-6-4-3-5-7-18)23(36)33(16)12-22(35)28-10-20-17(2)30-15-32(20)11-21(34)29-14-24(25,26)27/h3-9,15,31H,10-14H2,1-2H3,(H,28,35)(H,29,34). The number of carbonyl (C=O) groups excluding carboxylic acids is 2. The van der Waals surface area contributed by atoms with Crippen LogP contribution < -0.4 is 20.9 Å². The molecule has 0 fully saturated rings. The minimum Gasteiger partial charge on any atom is -0.349 e. The highest BCUT2D eigenvalue weighted by Crippen LogP contribution is 2.15. The Labute approximate surface area is 215 Å². The number of anilines is 1. The maximum absolute atomic E-state index is 12.9. The first-order valence-electron chi connectivity index (χ1n) is 11.3. The number of imidazole rings is 1. The summed E-state index contributed by atoms with van der Waals surface area (Å²) in [7, 11) is 0. The number of aryl methyl sites for hydroxylation is 2. The summed E-state index contributed by atoms with van der Waals surface area (Å²) in [5.74, 6) is -0.637. The van der Waals surface area contributed by atoms with E-state index in [1.54, 1.807) is 31.3 Å². The lowest BCUT2D eigenvalue weighted by Gasteiger charge is -2.14. The van der Waals surface area contributed by atoms with Gasteiger partial charge in [-0.25, -0.2) is 4.98 Å². The zero-order chi connectivity index (χ0) is 27.0. The molecular formula is C24H27F3N6O3S.